The molecule has 0 aliphatic carbocycles. The lowest BCUT2D eigenvalue weighted by Gasteiger charge is -2.18. The fourth-order valence-corrected chi connectivity index (χ4v) is 4.12. The Hall–Kier alpha value is -2.27. The molecule has 2 aromatic rings. The summed E-state index contributed by atoms with van der Waals surface area (Å²) in [6.07, 6.45) is 2.53. The van der Waals surface area contributed by atoms with Gasteiger partial charge >= 0.3 is 0 Å². The number of nitrogens with one attached hydrogen (secondary N) is 1. The van der Waals surface area contributed by atoms with Crippen LogP contribution in [0.5, 0.6) is 0 Å². The van der Waals surface area contributed by atoms with Gasteiger partial charge in [0, 0.05) is 31.0 Å². The third kappa shape index (κ3) is 5.11. The Bertz CT molecular complexity index is 715. The first kappa shape index (κ1) is 18.5. The third-order valence-electron chi connectivity index (χ3n) is 4.43. The maximum Gasteiger partial charge on any atom is 0.238 e. The highest BCUT2D eigenvalue weighted by Gasteiger charge is 2.23. The lowest BCUT2D eigenvalue weighted by molar-refractivity contribution is -0.130. The predicted octanol–water partition coefficient (Wildman–Crippen LogP) is 3.65. The highest BCUT2D eigenvalue weighted by molar-refractivity contribution is 8.00. The third-order valence-corrected chi connectivity index (χ3v) is 5.70. The van der Waals surface area contributed by atoms with E-state index in [1.807, 2.05) is 65.6 Å². The largest absolute Gasteiger partial charge is 0.354 e. The van der Waals surface area contributed by atoms with Crippen molar-refractivity contribution in [1.82, 2.24) is 10.2 Å². The van der Waals surface area contributed by atoms with Crippen LogP contribution in [0.2, 0.25) is 0 Å². The summed E-state index contributed by atoms with van der Waals surface area (Å²) in [5, 5.41) is 2.62. The second-order valence-corrected chi connectivity index (χ2v) is 7.53. The first-order valence-electron chi connectivity index (χ1n) is 9.06. The van der Waals surface area contributed by atoms with Crippen molar-refractivity contribution in [2.45, 2.75) is 29.4 Å². The molecule has 136 valence electrons. The molecule has 0 bridgehead atoms. The van der Waals surface area contributed by atoms with E-state index in [2.05, 4.69) is 5.32 Å². The zero-order valence-corrected chi connectivity index (χ0v) is 15.6. The second kappa shape index (κ2) is 9.43. The zero-order valence-electron chi connectivity index (χ0n) is 14.8. The van der Waals surface area contributed by atoms with Crippen LogP contribution in [0.15, 0.2) is 65.6 Å². The number of carbonyl (C=O) groups is 2. The summed E-state index contributed by atoms with van der Waals surface area (Å²) < 4.78 is 0. The van der Waals surface area contributed by atoms with Gasteiger partial charge in [0.15, 0.2) is 0 Å². The summed E-state index contributed by atoms with van der Waals surface area (Å²) in [7, 11) is 0. The lowest BCUT2D eigenvalue weighted by atomic mass is 10.1. The van der Waals surface area contributed by atoms with Crippen LogP contribution in [0.25, 0.3) is 0 Å². The molecule has 2 amide bonds. The molecule has 1 unspecified atom stereocenters. The molecule has 2 aromatic carbocycles. The maximum absolute atomic E-state index is 12.8. The SMILES string of the molecule is O=C(NCCC(=O)N1CCCC1)C(Sc1ccccc1)c1ccccc1. The molecule has 1 heterocycles. The number of rotatable bonds is 7. The number of likely N-dealkylation sites (tertiary alicyclic amines) is 1. The van der Waals surface area contributed by atoms with Gasteiger partial charge in [-0.2, -0.15) is 0 Å². The molecule has 0 saturated carbocycles. The van der Waals surface area contributed by atoms with Gasteiger partial charge in [0.2, 0.25) is 11.8 Å². The number of amides is 2. The van der Waals surface area contributed by atoms with Crippen molar-refractivity contribution in [2.75, 3.05) is 19.6 Å². The lowest BCUT2D eigenvalue weighted by Crippen LogP contribution is -2.34. The minimum atomic E-state index is -0.333. The fraction of sp³-hybridized carbons (Fsp3) is 0.333. The summed E-state index contributed by atoms with van der Waals surface area (Å²) in [4.78, 5) is 27.9. The van der Waals surface area contributed by atoms with Gasteiger partial charge in [-0.25, -0.2) is 0 Å². The Kier molecular flexibility index (Phi) is 6.72. The Balaban J connectivity index is 1.60. The van der Waals surface area contributed by atoms with E-state index in [-0.39, 0.29) is 17.1 Å². The van der Waals surface area contributed by atoms with Crippen molar-refractivity contribution in [1.29, 1.82) is 0 Å². The monoisotopic (exact) mass is 368 g/mol. The number of carbonyl (C=O) groups excluding carboxylic acids is 2. The molecular formula is C21H24N2O2S. The highest BCUT2D eigenvalue weighted by atomic mass is 32.2. The fourth-order valence-electron chi connectivity index (χ4n) is 3.05. The zero-order chi connectivity index (χ0) is 18.2. The molecule has 3 rings (SSSR count). The van der Waals surface area contributed by atoms with E-state index in [1.54, 1.807) is 0 Å². The molecule has 1 atom stereocenters. The Morgan fingerprint density at radius 2 is 1.58 bits per heavy atom. The van der Waals surface area contributed by atoms with E-state index in [0.717, 1.165) is 36.4 Å². The van der Waals surface area contributed by atoms with E-state index < -0.39 is 0 Å². The van der Waals surface area contributed by atoms with Crippen LogP contribution >= 0.6 is 11.8 Å². The average molecular weight is 369 g/mol. The molecular weight excluding hydrogens is 344 g/mol. The number of benzene rings is 2. The van der Waals surface area contributed by atoms with Crippen LogP contribution in [0.4, 0.5) is 0 Å². The van der Waals surface area contributed by atoms with Crippen molar-refractivity contribution in [3.8, 4) is 0 Å². The maximum atomic E-state index is 12.8. The van der Waals surface area contributed by atoms with Crippen molar-refractivity contribution >= 4 is 23.6 Å². The summed E-state index contributed by atoms with van der Waals surface area (Å²) in [6, 6.07) is 19.7. The summed E-state index contributed by atoms with van der Waals surface area (Å²) >= 11 is 1.53. The van der Waals surface area contributed by atoms with Gasteiger partial charge in [-0.3, -0.25) is 9.59 Å². The number of hydrogen-bond donors (Lipinski definition) is 1. The topological polar surface area (TPSA) is 49.4 Å². The van der Waals surface area contributed by atoms with Crippen molar-refractivity contribution in [3.05, 3.63) is 66.2 Å². The minimum absolute atomic E-state index is 0.0562. The molecule has 4 nitrogen and oxygen atoms in total. The van der Waals surface area contributed by atoms with Gasteiger partial charge in [0.25, 0.3) is 0 Å². The Labute approximate surface area is 159 Å². The molecule has 1 fully saturated rings. The van der Waals surface area contributed by atoms with Crippen LogP contribution in [-0.4, -0.2) is 36.3 Å². The van der Waals surface area contributed by atoms with Crippen molar-refractivity contribution < 1.29 is 9.59 Å². The van der Waals surface area contributed by atoms with Crippen LogP contribution in [0, 0.1) is 0 Å². The van der Waals surface area contributed by atoms with Crippen molar-refractivity contribution in [3.63, 3.8) is 0 Å². The van der Waals surface area contributed by atoms with E-state index >= 15 is 0 Å². The minimum Gasteiger partial charge on any atom is -0.354 e. The smallest absolute Gasteiger partial charge is 0.238 e. The molecule has 0 aromatic heterocycles. The first-order valence-corrected chi connectivity index (χ1v) is 9.94. The van der Waals surface area contributed by atoms with Crippen molar-refractivity contribution in [2.24, 2.45) is 0 Å². The molecule has 26 heavy (non-hydrogen) atoms. The number of nitrogens with zero attached hydrogens (tertiary/aromatic N) is 1. The van der Waals surface area contributed by atoms with E-state index in [0.29, 0.717) is 13.0 Å². The summed E-state index contributed by atoms with van der Waals surface area (Å²) in [6.45, 7) is 2.08. The molecule has 0 spiro atoms. The molecule has 1 aliphatic heterocycles. The average Bonchev–Trinajstić information content (AvgIpc) is 3.22. The van der Waals surface area contributed by atoms with Gasteiger partial charge < -0.3 is 10.2 Å². The standard InChI is InChI=1S/C21H24N2O2S/c24-19(23-15-7-8-16-23)13-14-22-21(25)20(17-9-3-1-4-10-17)26-18-11-5-2-6-12-18/h1-6,9-12,20H,7-8,13-16H2,(H,22,25). The van der Waals surface area contributed by atoms with Gasteiger partial charge in [-0.15, -0.1) is 11.8 Å². The highest BCUT2D eigenvalue weighted by Crippen LogP contribution is 2.35. The van der Waals surface area contributed by atoms with E-state index in [9.17, 15) is 9.59 Å². The molecule has 1 saturated heterocycles. The Morgan fingerprint density at radius 3 is 2.23 bits per heavy atom. The van der Waals surface area contributed by atoms with E-state index in [1.165, 1.54) is 11.8 Å². The van der Waals surface area contributed by atoms with Crippen LogP contribution in [0.1, 0.15) is 30.1 Å². The molecule has 0 radical (unpaired) electrons. The number of hydrogen-bond acceptors (Lipinski definition) is 3. The molecule has 5 heteroatoms. The van der Waals surface area contributed by atoms with Crippen LogP contribution < -0.4 is 5.32 Å². The quantitative estimate of drug-likeness (QED) is 0.759. The number of thioether (sulfide) groups is 1. The summed E-state index contributed by atoms with van der Waals surface area (Å²) in [5.74, 6) is 0.0778. The second-order valence-electron chi connectivity index (χ2n) is 6.35. The first-order chi connectivity index (χ1) is 12.7. The van der Waals surface area contributed by atoms with Gasteiger partial charge in [-0.05, 0) is 30.5 Å². The van der Waals surface area contributed by atoms with Crippen LogP contribution in [0.3, 0.4) is 0 Å². The van der Waals surface area contributed by atoms with E-state index in [4.69, 9.17) is 0 Å². The Morgan fingerprint density at radius 1 is 0.962 bits per heavy atom. The van der Waals surface area contributed by atoms with Gasteiger partial charge in [-0.1, -0.05) is 48.5 Å². The van der Waals surface area contributed by atoms with Crippen LogP contribution in [-0.2, 0) is 9.59 Å². The predicted molar refractivity (Wildman–Crippen MR) is 105 cm³/mol. The van der Waals surface area contributed by atoms with Gasteiger partial charge in [0.1, 0.15) is 5.25 Å². The molecule has 1 N–H and O–H groups in total. The normalized spacial score (nSPS) is 14.8. The summed E-state index contributed by atoms with van der Waals surface area (Å²) in [5.41, 5.74) is 0.963. The van der Waals surface area contributed by atoms with Gasteiger partial charge in [0.05, 0.1) is 0 Å². The molecule has 1 aliphatic rings.